The Morgan fingerprint density at radius 3 is 2.79 bits per heavy atom. The molecule has 0 saturated carbocycles. The standard InChI is InChI=1S/C22H30N4O2/c1-15-4-7-20-19(8-15)21(27)9-17(23-20)12-26-11-16-5-6-18(26)13-25(10-16)14-22(28)24(2)3/h4,7-9,16,18H,5-6,10-14H2,1-3H3,(H,23,27)/t16-,18+/m0/s1. The smallest absolute Gasteiger partial charge is 0.236 e. The van der Waals surface area contributed by atoms with E-state index >= 15 is 0 Å². The summed E-state index contributed by atoms with van der Waals surface area (Å²) < 4.78 is 0. The lowest BCUT2D eigenvalue weighted by Gasteiger charge is -2.36. The quantitative estimate of drug-likeness (QED) is 0.876. The number of carbonyl (C=O) groups excluding carboxylic acids is 1. The predicted molar refractivity (Wildman–Crippen MR) is 111 cm³/mol. The van der Waals surface area contributed by atoms with Gasteiger partial charge in [-0.05, 0) is 37.8 Å². The van der Waals surface area contributed by atoms with E-state index in [1.807, 2.05) is 39.2 Å². The Bertz CT molecular complexity index is 936. The Labute approximate surface area is 166 Å². The second-order valence-corrected chi connectivity index (χ2v) is 8.72. The molecule has 1 aromatic heterocycles. The summed E-state index contributed by atoms with van der Waals surface area (Å²) in [5, 5.41) is 0.759. The van der Waals surface area contributed by atoms with E-state index in [2.05, 4.69) is 14.8 Å². The molecular formula is C22H30N4O2. The van der Waals surface area contributed by atoms with Crippen LogP contribution in [0.15, 0.2) is 29.1 Å². The number of hydrogen-bond acceptors (Lipinski definition) is 4. The Morgan fingerprint density at radius 2 is 2.00 bits per heavy atom. The molecule has 0 spiro atoms. The van der Waals surface area contributed by atoms with Crippen LogP contribution in [0.1, 0.15) is 24.1 Å². The first-order valence-corrected chi connectivity index (χ1v) is 10.2. The van der Waals surface area contributed by atoms with Crippen molar-refractivity contribution in [3.8, 4) is 0 Å². The van der Waals surface area contributed by atoms with Gasteiger partial charge in [0.2, 0.25) is 5.91 Å². The van der Waals surface area contributed by atoms with Crippen LogP contribution in [0, 0.1) is 12.8 Å². The van der Waals surface area contributed by atoms with E-state index < -0.39 is 0 Å². The van der Waals surface area contributed by atoms with Crippen LogP contribution in [-0.2, 0) is 11.3 Å². The summed E-state index contributed by atoms with van der Waals surface area (Å²) in [4.78, 5) is 34.7. The number of aromatic amines is 1. The molecule has 1 amide bonds. The highest BCUT2D eigenvalue weighted by Gasteiger charge is 2.35. The van der Waals surface area contributed by atoms with E-state index in [4.69, 9.17) is 0 Å². The lowest BCUT2D eigenvalue weighted by atomic mass is 9.95. The van der Waals surface area contributed by atoms with Crippen LogP contribution in [0.4, 0.5) is 0 Å². The third kappa shape index (κ3) is 3.98. The minimum atomic E-state index is 0.0886. The number of hydrogen-bond donors (Lipinski definition) is 1. The molecule has 3 aliphatic heterocycles. The molecule has 3 aliphatic rings. The maximum Gasteiger partial charge on any atom is 0.236 e. The van der Waals surface area contributed by atoms with Crippen LogP contribution in [0.2, 0.25) is 0 Å². The second kappa shape index (κ2) is 7.68. The summed E-state index contributed by atoms with van der Waals surface area (Å²) in [5.41, 5.74) is 3.07. The van der Waals surface area contributed by atoms with Crippen molar-refractivity contribution in [3.63, 3.8) is 0 Å². The fraction of sp³-hybridized carbons (Fsp3) is 0.545. The monoisotopic (exact) mass is 382 g/mol. The number of nitrogens with zero attached hydrogens (tertiary/aromatic N) is 3. The maximum absolute atomic E-state index is 12.6. The third-order valence-corrected chi connectivity index (χ3v) is 6.17. The van der Waals surface area contributed by atoms with Gasteiger partial charge in [0, 0.05) is 69.0 Å². The average molecular weight is 383 g/mol. The van der Waals surface area contributed by atoms with E-state index in [-0.39, 0.29) is 11.3 Å². The van der Waals surface area contributed by atoms with Gasteiger partial charge in [0.1, 0.15) is 0 Å². The molecule has 28 heavy (non-hydrogen) atoms. The summed E-state index contributed by atoms with van der Waals surface area (Å²) >= 11 is 0. The Hall–Kier alpha value is -2.18. The van der Waals surface area contributed by atoms with Crippen LogP contribution in [0.3, 0.4) is 0 Å². The lowest BCUT2D eigenvalue weighted by molar-refractivity contribution is -0.130. The summed E-state index contributed by atoms with van der Waals surface area (Å²) in [6, 6.07) is 8.18. The number of rotatable bonds is 4. The van der Waals surface area contributed by atoms with Gasteiger partial charge in [-0.15, -0.1) is 0 Å². The molecule has 2 bridgehead atoms. The highest BCUT2D eigenvalue weighted by molar-refractivity contribution is 5.79. The fourth-order valence-corrected chi connectivity index (χ4v) is 4.65. The highest BCUT2D eigenvalue weighted by atomic mass is 16.2. The van der Waals surface area contributed by atoms with Gasteiger partial charge in [-0.2, -0.15) is 0 Å². The summed E-state index contributed by atoms with van der Waals surface area (Å²) in [7, 11) is 3.64. The van der Waals surface area contributed by atoms with E-state index in [9.17, 15) is 9.59 Å². The van der Waals surface area contributed by atoms with E-state index in [1.54, 1.807) is 11.0 Å². The van der Waals surface area contributed by atoms with Crippen molar-refractivity contribution in [2.24, 2.45) is 5.92 Å². The van der Waals surface area contributed by atoms with Gasteiger partial charge in [0.25, 0.3) is 0 Å². The normalized spacial score (nSPS) is 23.1. The molecule has 0 radical (unpaired) electrons. The first-order valence-electron chi connectivity index (χ1n) is 10.2. The number of pyridine rings is 1. The molecule has 6 nitrogen and oxygen atoms in total. The number of nitrogens with one attached hydrogen (secondary N) is 1. The third-order valence-electron chi connectivity index (χ3n) is 6.17. The molecule has 1 aromatic carbocycles. The largest absolute Gasteiger partial charge is 0.357 e. The van der Waals surface area contributed by atoms with Gasteiger partial charge in [-0.3, -0.25) is 19.4 Å². The summed E-state index contributed by atoms with van der Waals surface area (Å²) in [6.45, 7) is 6.21. The highest BCUT2D eigenvalue weighted by Crippen LogP contribution is 2.29. The number of piperidine rings is 1. The van der Waals surface area contributed by atoms with Crippen molar-refractivity contribution < 1.29 is 4.79 Å². The lowest BCUT2D eigenvalue weighted by Crippen LogP contribution is -2.44. The molecule has 5 rings (SSSR count). The molecule has 1 N–H and O–H groups in total. The van der Waals surface area contributed by atoms with Crippen molar-refractivity contribution in [2.75, 3.05) is 40.3 Å². The van der Waals surface area contributed by atoms with Gasteiger partial charge in [-0.1, -0.05) is 11.6 Å². The molecule has 4 heterocycles. The van der Waals surface area contributed by atoms with Gasteiger partial charge < -0.3 is 9.88 Å². The zero-order valence-electron chi connectivity index (χ0n) is 17.1. The van der Waals surface area contributed by atoms with Gasteiger partial charge in [0.15, 0.2) is 5.43 Å². The molecule has 2 atom stereocenters. The van der Waals surface area contributed by atoms with Crippen molar-refractivity contribution in [1.82, 2.24) is 19.7 Å². The first-order chi connectivity index (χ1) is 13.4. The van der Waals surface area contributed by atoms with Crippen molar-refractivity contribution in [3.05, 3.63) is 45.7 Å². The van der Waals surface area contributed by atoms with Crippen molar-refractivity contribution >= 4 is 16.8 Å². The Morgan fingerprint density at radius 1 is 1.18 bits per heavy atom. The van der Waals surface area contributed by atoms with Crippen LogP contribution in [-0.4, -0.2) is 71.9 Å². The minimum absolute atomic E-state index is 0.0886. The molecule has 6 heteroatoms. The molecular weight excluding hydrogens is 352 g/mol. The van der Waals surface area contributed by atoms with Gasteiger partial charge in [0.05, 0.1) is 6.54 Å². The molecule has 0 unspecified atom stereocenters. The van der Waals surface area contributed by atoms with E-state index in [0.717, 1.165) is 54.8 Å². The zero-order valence-corrected chi connectivity index (χ0v) is 17.1. The van der Waals surface area contributed by atoms with E-state index in [0.29, 0.717) is 18.5 Å². The van der Waals surface area contributed by atoms with Crippen LogP contribution in [0.5, 0.6) is 0 Å². The summed E-state index contributed by atoms with van der Waals surface area (Å²) in [5.74, 6) is 0.755. The number of likely N-dealkylation sites (N-methyl/N-ethyl adjacent to an activating group) is 1. The van der Waals surface area contributed by atoms with Crippen LogP contribution < -0.4 is 5.43 Å². The topological polar surface area (TPSA) is 59.7 Å². The molecule has 150 valence electrons. The second-order valence-electron chi connectivity index (χ2n) is 8.72. The molecule has 2 aromatic rings. The van der Waals surface area contributed by atoms with Crippen molar-refractivity contribution in [1.29, 1.82) is 0 Å². The SMILES string of the molecule is Cc1ccc2[nH]c(CN3C[C@H]4CC[C@@H]3CN(CC(=O)N(C)C)C4)cc(=O)c2c1. The molecule has 3 fully saturated rings. The number of aryl methyl sites for hydroxylation is 1. The minimum Gasteiger partial charge on any atom is -0.357 e. The Kier molecular flexibility index (Phi) is 5.25. The number of carbonyl (C=O) groups is 1. The average Bonchev–Trinajstić information content (AvgIpc) is 2.93. The van der Waals surface area contributed by atoms with E-state index in [1.165, 1.54) is 6.42 Å². The van der Waals surface area contributed by atoms with Crippen LogP contribution in [0.25, 0.3) is 10.9 Å². The zero-order chi connectivity index (χ0) is 19.8. The maximum atomic E-state index is 12.6. The Balaban J connectivity index is 1.51. The fourth-order valence-electron chi connectivity index (χ4n) is 4.65. The van der Waals surface area contributed by atoms with Gasteiger partial charge in [-0.25, -0.2) is 0 Å². The number of fused-ring (bicyclic) bond motifs is 5. The number of aromatic nitrogens is 1. The number of benzene rings is 1. The molecule has 0 aliphatic carbocycles. The predicted octanol–water partition coefficient (Wildman–Crippen LogP) is 1.82. The summed E-state index contributed by atoms with van der Waals surface area (Å²) in [6.07, 6.45) is 2.38. The number of H-pyrrole nitrogens is 1. The molecule has 3 saturated heterocycles. The number of amides is 1. The first kappa shape index (κ1) is 19.2. The van der Waals surface area contributed by atoms with Crippen molar-refractivity contribution in [2.45, 2.75) is 32.4 Å². The van der Waals surface area contributed by atoms with Crippen LogP contribution >= 0.6 is 0 Å². The van der Waals surface area contributed by atoms with Gasteiger partial charge >= 0.3 is 0 Å².